The van der Waals surface area contributed by atoms with Crippen molar-refractivity contribution in [1.29, 1.82) is 0 Å². The first-order valence-corrected chi connectivity index (χ1v) is 15.8. The zero-order valence-corrected chi connectivity index (χ0v) is 26.0. The minimum absolute atomic E-state index is 0.0137. The van der Waals surface area contributed by atoms with Gasteiger partial charge in [-0.3, -0.25) is 14.5 Å². The molecule has 1 saturated heterocycles. The lowest BCUT2D eigenvalue weighted by Crippen LogP contribution is -2.38. The summed E-state index contributed by atoms with van der Waals surface area (Å²) in [5.41, 5.74) is 2.51. The first-order chi connectivity index (χ1) is 21.3. The molecule has 0 spiro atoms. The zero-order valence-electron chi connectivity index (χ0n) is 26.0. The Kier molecular flexibility index (Phi) is 10.4. The molecule has 44 heavy (non-hydrogen) atoms. The predicted octanol–water partition coefficient (Wildman–Crippen LogP) is 6.44. The van der Waals surface area contributed by atoms with E-state index < -0.39 is 5.97 Å². The fourth-order valence-electron chi connectivity index (χ4n) is 5.97. The monoisotopic (exact) mass is 600 g/mol. The second kappa shape index (κ2) is 14.6. The highest BCUT2D eigenvalue weighted by Gasteiger charge is 2.34. The van der Waals surface area contributed by atoms with Gasteiger partial charge in [-0.05, 0) is 91.7 Å². The van der Waals surface area contributed by atoms with Gasteiger partial charge in [0.25, 0.3) is 5.91 Å². The van der Waals surface area contributed by atoms with Gasteiger partial charge in [-0.2, -0.15) is 0 Å². The van der Waals surface area contributed by atoms with E-state index in [-0.39, 0.29) is 18.2 Å². The molecule has 234 valence electrons. The van der Waals surface area contributed by atoms with Crippen molar-refractivity contribution in [1.82, 2.24) is 9.97 Å². The number of aliphatic carboxylic acids is 1. The number of rotatable bonds is 14. The molecule has 2 aromatic heterocycles. The van der Waals surface area contributed by atoms with Crippen LogP contribution in [0.5, 0.6) is 11.6 Å². The summed E-state index contributed by atoms with van der Waals surface area (Å²) in [7, 11) is 1.64. The zero-order chi connectivity index (χ0) is 31.1. The Morgan fingerprint density at radius 3 is 2.48 bits per heavy atom. The minimum atomic E-state index is -0.770. The average Bonchev–Trinajstić information content (AvgIpc) is 3.89. The van der Waals surface area contributed by atoms with Crippen molar-refractivity contribution < 1.29 is 24.2 Å². The molecule has 0 radical (unpaired) electrons. The fourth-order valence-corrected chi connectivity index (χ4v) is 5.97. The number of ether oxygens (including phenoxy) is 2. The molecule has 9 nitrogen and oxygen atoms in total. The summed E-state index contributed by atoms with van der Waals surface area (Å²) in [6.45, 7) is 7.02. The van der Waals surface area contributed by atoms with E-state index in [1.807, 2.05) is 48.5 Å². The maximum atomic E-state index is 14.1. The number of hydrogen-bond donors (Lipinski definition) is 1. The van der Waals surface area contributed by atoms with E-state index in [2.05, 4.69) is 28.7 Å². The number of anilines is 2. The fraction of sp³-hybridized carbons (Fsp3) is 0.486. The number of carboxylic acids is 1. The molecular formula is C35H44N4O5. The number of pyridine rings is 2. The summed E-state index contributed by atoms with van der Waals surface area (Å²) in [5.74, 6) is 2.33. The second-order valence-electron chi connectivity index (χ2n) is 12.4. The van der Waals surface area contributed by atoms with Crippen LogP contribution < -0.4 is 19.3 Å². The number of benzene rings is 1. The molecular weight excluding hydrogens is 556 g/mol. The van der Waals surface area contributed by atoms with Gasteiger partial charge >= 0.3 is 5.97 Å². The van der Waals surface area contributed by atoms with Crippen LogP contribution in [0.4, 0.5) is 11.5 Å². The molecule has 3 heterocycles. The quantitative estimate of drug-likeness (QED) is 0.225. The van der Waals surface area contributed by atoms with Gasteiger partial charge in [0.15, 0.2) is 0 Å². The maximum Gasteiger partial charge on any atom is 0.303 e. The van der Waals surface area contributed by atoms with Crippen molar-refractivity contribution in [2.75, 3.05) is 43.2 Å². The van der Waals surface area contributed by atoms with E-state index in [1.54, 1.807) is 24.4 Å². The van der Waals surface area contributed by atoms with Gasteiger partial charge in [0, 0.05) is 44.2 Å². The molecule has 1 aliphatic heterocycles. The highest BCUT2D eigenvalue weighted by Crippen LogP contribution is 2.45. The SMILES string of the molecule is COc1ccc(C(=O)N(CCC(C)C)c2ccccn2)c(N2CCC(COc3cc(C(CC(=O)O)C4CC4)ccn3)CC2)c1. The van der Waals surface area contributed by atoms with Crippen molar-refractivity contribution >= 4 is 23.4 Å². The Bertz CT molecular complexity index is 1400. The number of nitrogens with zero attached hydrogens (tertiary/aromatic N) is 4. The summed E-state index contributed by atoms with van der Waals surface area (Å²) in [6, 6.07) is 15.2. The van der Waals surface area contributed by atoms with Crippen molar-refractivity contribution in [3.8, 4) is 11.6 Å². The maximum absolute atomic E-state index is 14.1. The van der Waals surface area contributed by atoms with Gasteiger partial charge < -0.3 is 19.5 Å². The third-order valence-electron chi connectivity index (χ3n) is 8.73. The number of methoxy groups -OCH3 is 1. The van der Waals surface area contributed by atoms with Gasteiger partial charge in [-0.25, -0.2) is 9.97 Å². The van der Waals surface area contributed by atoms with Crippen LogP contribution in [0, 0.1) is 17.8 Å². The van der Waals surface area contributed by atoms with Crippen LogP contribution in [0.15, 0.2) is 60.9 Å². The third kappa shape index (κ3) is 8.07. The highest BCUT2D eigenvalue weighted by molar-refractivity contribution is 6.09. The number of amides is 1. The molecule has 1 atom stereocenters. The molecule has 2 aliphatic rings. The molecule has 1 N–H and O–H groups in total. The molecule has 1 amide bonds. The van der Waals surface area contributed by atoms with Gasteiger partial charge in [0.1, 0.15) is 11.6 Å². The normalized spacial score (nSPS) is 16.0. The van der Waals surface area contributed by atoms with Gasteiger partial charge in [-0.15, -0.1) is 0 Å². The molecule has 1 unspecified atom stereocenters. The van der Waals surface area contributed by atoms with Crippen molar-refractivity contribution in [3.63, 3.8) is 0 Å². The van der Waals surface area contributed by atoms with Gasteiger partial charge in [0.05, 0.1) is 31.4 Å². The van der Waals surface area contributed by atoms with Crippen LogP contribution >= 0.6 is 0 Å². The lowest BCUT2D eigenvalue weighted by Gasteiger charge is -2.35. The third-order valence-corrected chi connectivity index (χ3v) is 8.73. The number of carbonyl (C=O) groups excluding carboxylic acids is 1. The smallest absolute Gasteiger partial charge is 0.303 e. The molecule has 0 bridgehead atoms. The Hall–Kier alpha value is -4.14. The van der Waals surface area contributed by atoms with E-state index in [0.717, 1.165) is 56.4 Å². The largest absolute Gasteiger partial charge is 0.497 e. The lowest BCUT2D eigenvalue weighted by atomic mass is 9.92. The summed E-state index contributed by atoms with van der Waals surface area (Å²) in [4.78, 5) is 38.5. The Labute approximate surface area is 260 Å². The van der Waals surface area contributed by atoms with Crippen molar-refractivity contribution in [3.05, 3.63) is 72.1 Å². The molecule has 2 fully saturated rings. The number of hydrogen-bond acceptors (Lipinski definition) is 7. The topological polar surface area (TPSA) is 105 Å². The number of carboxylic acid groups (broad SMARTS) is 1. The predicted molar refractivity (Wildman–Crippen MR) is 171 cm³/mol. The minimum Gasteiger partial charge on any atom is -0.497 e. The Morgan fingerprint density at radius 2 is 1.82 bits per heavy atom. The van der Waals surface area contributed by atoms with Gasteiger partial charge in [-0.1, -0.05) is 19.9 Å². The Morgan fingerprint density at radius 1 is 1.02 bits per heavy atom. The summed E-state index contributed by atoms with van der Waals surface area (Å²) < 4.78 is 11.7. The standard InChI is InChI=1S/C35H44N4O5/c1-24(2)12-19-39(32-6-4-5-15-36-32)35(42)29-10-9-28(43-3)21-31(29)38-17-13-25(14-18-38)23-44-33-20-27(11-16-37-33)30(22-34(40)41)26-7-8-26/h4-6,9-11,15-16,20-21,24-26,30H,7-8,12-14,17-19,22-23H2,1-3H3,(H,40,41). The van der Waals surface area contributed by atoms with E-state index in [4.69, 9.17) is 9.47 Å². The first-order valence-electron chi connectivity index (χ1n) is 15.8. The van der Waals surface area contributed by atoms with E-state index in [0.29, 0.717) is 53.9 Å². The van der Waals surface area contributed by atoms with Crippen LogP contribution in [-0.4, -0.2) is 60.3 Å². The van der Waals surface area contributed by atoms with Crippen LogP contribution in [0.3, 0.4) is 0 Å². The summed E-state index contributed by atoms with van der Waals surface area (Å²) in [5, 5.41) is 9.39. The second-order valence-corrected chi connectivity index (χ2v) is 12.4. The van der Waals surface area contributed by atoms with Crippen LogP contribution in [-0.2, 0) is 4.79 Å². The van der Waals surface area contributed by atoms with Gasteiger partial charge in [0.2, 0.25) is 5.88 Å². The highest BCUT2D eigenvalue weighted by atomic mass is 16.5. The van der Waals surface area contributed by atoms with E-state index >= 15 is 0 Å². The first kappa shape index (κ1) is 31.3. The molecule has 1 aliphatic carbocycles. The number of piperidine rings is 1. The summed E-state index contributed by atoms with van der Waals surface area (Å²) >= 11 is 0. The van der Waals surface area contributed by atoms with Crippen molar-refractivity contribution in [2.45, 2.75) is 58.3 Å². The van der Waals surface area contributed by atoms with Crippen LogP contribution in [0.25, 0.3) is 0 Å². The number of carbonyl (C=O) groups is 2. The molecule has 9 heteroatoms. The van der Waals surface area contributed by atoms with Crippen LogP contribution in [0.1, 0.15) is 74.2 Å². The van der Waals surface area contributed by atoms with E-state index in [1.165, 1.54) is 0 Å². The summed E-state index contributed by atoms with van der Waals surface area (Å²) in [6.07, 6.45) is 8.43. The lowest BCUT2D eigenvalue weighted by molar-refractivity contribution is -0.137. The molecule has 1 saturated carbocycles. The average molecular weight is 601 g/mol. The van der Waals surface area contributed by atoms with Crippen molar-refractivity contribution in [2.24, 2.45) is 17.8 Å². The molecule has 5 rings (SSSR count). The van der Waals surface area contributed by atoms with E-state index in [9.17, 15) is 14.7 Å². The Balaban J connectivity index is 1.25. The van der Waals surface area contributed by atoms with Crippen LogP contribution in [0.2, 0.25) is 0 Å². The molecule has 3 aromatic rings. The molecule has 1 aromatic carbocycles. The number of aromatic nitrogens is 2.